The number of ketones is 4. The van der Waals surface area contributed by atoms with E-state index in [0.717, 1.165) is 107 Å². The summed E-state index contributed by atoms with van der Waals surface area (Å²) in [6, 6.07) is 80.9. The average Bonchev–Trinajstić information content (AvgIpc) is 1.63. The van der Waals surface area contributed by atoms with Crippen molar-refractivity contribution in [3.05, 3.63) is 383 Å². The molecule has 21 nitrogen and oxygen atoms in total. The summed E-state index contributed by atoms with van der Waals surface area (Å²) in [7, 11) is 6.43. The molecule has 18 rings (SSSR count). The highest BCUT2D eigenvalue weighted by atomic mass is 32.1. The molecule has 0 saturated carbocycles. The Bertz CT molecular complexity index is 7410. The van der Waals surface area contributed by atoms with Crippen molar-refractivity contribution >= 4 is 168 Å². The second-order valence-electron chi connectivity index (χ2n) is 30.5. The first-order valence-electron chi connectivity index (χ1n) is 41.6. The lowest BCUT2D eigenvalue weighted by Crippen LogP contribution is -2.05. The summed E-state index contributed by atoms with van der Waals surface area (Å²) < 4.78 is 59.5. The standard InChI is InChI=1S/C28H20O5S.C27H19NO5S.2C27H22O5S/c1-16-6-3-4-8-20(16)25(29)27-26(22-13-11-19(32-2)15-24(22)34-27)33-23-9-5-7-17-14-18(28(30)31)10-12-21(17)23;1-15-6-3-4-8-19(15)24(29)26-25(20-11-10-18(32-2)13-22(20)34-26)33-21-9-5-7-16-12-17(27(30)31)14-28-23(16)21;1-17-4-10-22(18(2)14-17)25(29)27-26(23-11-9-21(30-3)15-24(23)33-27)32-20-7-5-19(6-8-20)12-13-31-16-28;1-17-5-4-6-18(2)24(17)25(29)27-26(22-12-11-21(30-3)15-23(22)33-27)32-20-9-7-19(8-10-20)13-14-31-16-28/h3-15H,1-2H3,(H,30,31);3-14H,1-2H3,(H,30,31);2*4-16H,1-3H3/b;;13-12+;14-13+. The highest BCUT2D eigenvalue weighted by molar-refractivity contribution is 7.22. The molecule has 0 radical (unpaired) electrons. The largest absolute Gasteiger partial charge is 0.497 e. The molecule has 0 unspecified atom stereocenters. The van der Waals surface area contributed by atoms with Crippen molar-refractivity contribution in [1.29, 1.82) is 0 Å². The Morgan fingerprint density at radius 2 is 0.687 bits per heavy atom. The fourth-order valence-electron chi connectivity index (χ4n) is 15.0. The Morgan fingerprint density at radius 3 is 1.10 bits per heavy atom. The number of aryl methyl sites for hydroxylation is 6. The van der Waals surface area contributed by atoms with Crippen molar-refractivity contribution in [2.75, 3.05) is 28.4 Å². The molecule has 18 aromatic rings. The maximum absolute atomic E-state index is 13.7. The Balaban J connectivity index is 0.000000136. The lowest BCUT2D eigenvalue weighted by Gasteiger charge is -2.11. The van der Waals surface area contributed by atoms with Gasteiger partial charge in [0.1, 0.15) is 65.3 Å². The number of hydrogen-bond donors (Lipinski definition) is 2. The maximum atomic E-state index is 13.7. The van der Waals surface area contributed by atoms with Gasteiger partial charge in [-0.25, -0.2) is 9.59 Å². The van der Waals surface area contributed by atoms with Crippen LogP contribution in [0.3, 0.4) is 0 Å². The van der Waals surface area contributed by atoms with E-state index in [1.807, 2.05) is 236 Å². The van der Waals surface area contributed by atoms with E-state index in [1.54, 1.807) is 113 Å². The number of carbonyl (C=O) groups is 8. The first kappa shape index (κ1) is 92.5. The number of carboxylic acids is 2. The number of benzene rings is 13. The fraction of sp³-hybridized carbons (Fsp3) is 0.0917. The van der Waals surface area contributed by atoms with Gasteiger partial charge in [-0.3, -0.25) is 33.8 Å². The van der Waals surface area contributed by atoms with Gasteiger partial charge in [0.25, 0.3) is 12.9 Å². The summed E-state index contributed by atoms with van der Waals surface area (Å²) >= 11 is 5.49. The topological polar surface area (TPSA) is 282 Å². The number of para-hydroxylation sites is 1. The van der Waals surface area contributed by atoms with Crippen LogP contribution in [0.5, 0.6) is 69.0 Å². The van der Waals surface area contributed by atoms with E-state index in [-0.39, 0.29) is 34.3 Å². The number of fused-ring (bicyclic) bond motifs is 6. The van der Waals surface area contributed by atoms with Gasteiger partial charge in [-0.05, 0) is 231 Å². The van der Waals surface area contributed by atoms with Gasteiger partial charge in [-0.15, -0.1) is 45.3 Å². The molecule has 134 heavy (non-hydrogen) atoms. The van der Waals surface area contributed by atoms with E-state index in [1.165, 1.54) is 64.1 Å². The second kappa shape index (κ2) is 41.7. The molecule has 0 aliphatic carbocycles. The minimum atomic E-state index is -1.05. The molecule has 0 amide bonds. The van der Waals surface area contributed by atoms with Crippen LogP contribution < -0.4 is 37.9 Å². The van der Waals surface area contributed by atoms with Crippen LogP contribution in [0.25, 0.3) is 74.2 Å². The quantitative estimate of drug-likeness (QED) is 0.0262. The molecule has 13 aromatic carbocycles. The number of aromatic nitrogens is 1. The number of nitrogens with zero attached hydrogens (tertiary/aromatic N) is 1. The number of hydrogen-bond acceptors (Lipinski definition) is 23. The van der Waals surface area contributed by atoms with E-state index in [4.69, 9.17) is 37.9 Å². The number of carboxylic acid groups (broad SMARTS) is 2. The molecule has 0 saturated heterocycles. The van der Waals surface area contributed by atoms with Crippen LogP contribution in [0, 0.1) is 41.5 Å². The lowest BCUT2D eigenvalue weighted by atomic mass is 9.98. The van der Waals surface area contributed by atoms with Crippen molar-refractivity contribution in [1.82, 2.24) is 4.98 Å². The number of aromatic carboxylic acids is 2. The van der Waals surface area contributed by atoms with Crippen LogP contribution in [0.15, 0.2) is 286 Å². The highest BCUT2D eigenvalue weighted by Crippen LogP contribution is 2.49. The first-order chi connectivity index (χ1) is 64.9. The average molecular weight is 1860 g/mol. The number of pyridine rings is 1. The van der Waals surface area contributed by atoms with Crippen LogP contribution in [-0.2, 0) is 19.1 Å². The van der Waals surface area contributed by atoms with E-state index < -0.39 is 11.9 Å². The number of ether oxygens (including phenoxy) is 10. The summed E-state index contributed by atoms with van der Waals surface area (Å²) in [6.07, 6.45) is 7.25. The second-order valence-corrected chi connectivity index (χ2v) is 34.7. The van der Waals surface area contributed by atoms with E-state index in [9.17, 15) is 48.6 Å². The predicted octanol–water partition coefficient (Wildman–Crippen LogP) is 27.0. The molecule has 5 aromatic heterocycles. The van der Waals surface area contributed by atoms with Gasteiger partial charge in [0, 0.05) is 79.6 Å². The van der Waals surface area contributed by atoms with Gasteiger partial charge in [0.05, 0.1) is 52.1 Å². The van der Waals surface area contributed by atoms with Crippen molar-refractivity contribution < 1.29 is 95.9 Å². The lowest BCUT2D eigenvalue weighted by molar-refractivity contribution is -0.124. The van der Waals surface area contributed by atoms with E-state index >= 15 is 0 Å². The molecule has 0 aliphatic rings. The molecule has 2 N–H and O–H groups in total. The predicted molar refractivity (Wildman–Crippen MR) is 527 cm³/mol. The normalized spacial score (nSPS) is 11.0. The number of methoxy groups -OCH3 is 4. The van der Waals surface area contributed by atoms with Gasteiger partial charge < -0.3 is 57.6 Å². The summed E-state index contributed by atoms with van der Waals surface area (Å²) in [5.41, 5.74) is 10.7. The monoisotopic (exact) mass is 1850 g/mol. The van der Waals surface area contributed by atoms with E-state index in [0.29, 0.717) is 123 Å². The number of rotatable bonds is 28. The molecular formula is C109H83NO20S4. The molecule has 0 atom stereocenters. The van der Waals surface area contributed by atoms with Gasteiger partial charge in [0.2, 0.25) is 23.1 Å². The molecular weight excluding hydrogens is 1770 g/mol. The Kier molecular flexibility index (Phi) is 28.8. The van der Waals surface area contributed by atoms with Crippen LogP contribution in [0.4, 0.5) is 0 Å². The zero-order valence-corrected chi connectivity index (χ0v) is 77.0. The minimum absolute atomic E-state index is 0.0636. The molecule has 25 heteroatoms. The maximum Gasteiger partial charge on any atom is 0.337 e. The highest BCUT2D eigenvalue weighted by Gasteiger charge is 2.30. The third-order valence-electron chi connectivity index (χ3n) is 21.8. The molecule has 0 fully saturated rings. The van der Waals surface area contributed by atoms with Crippen LogP contribution in [0.1, 0.15) is 126 Å². The smallest absolute Gasteiger partial charge is 0.337 e. The number of carbonyl (C=O) groups excluding carboxylic acids is 6. The van der Waals surface area contributed by atoms with E-state index in [2.05, 4.69) is 14.5 Å². The Morgan fingerprint density at radius 1 is 0.321 bits per heavy atom. The van der Waals surface area contributed by atoms with Gasteiger partial charge in [-0.2, -0.15) is 0 Å². The Hall–Kier alpha value is -16.2. The third kappa shape index (κ3) is 20.5. The summed E-state index contributed by atoms with van der Waals surface area (Å²) in [5, 5.41) is 24.0. The van der Waals surface area contributed by atoms with Crippen LogP contribution in [-0.4, -0.2) is 91.7 Å². The van der Waals surface area contributed by atoms with Crippen LogP contribution >= 0.6 is 45.3 Å². The fourth-order valence-corrected chi connectivity index (χ4v) is 19.4. The summed E-state index contributed by atoms with van der Waals surface area (Å²) in [5.74, 6) is 4.52. The third-order valence-corrected chi connectivity index (χ3v) is 26.3. The summed E-state index contributed by atoms with van der Waals surface area (Å²) in [6.45, 7) is 12.4. The zero-order chi connectivity index (χ0) is 94.4. The van der Waals surface area contributed by atoms with Crippen molar-refractivity contribution in [2.45, 2.75) is 41.5 Å². The van der Waals surface area contributed by atoms with Crippen molar-refractivity contribution in [3.63, 3.8) is 0 Å². The van der Waals surface area contributed by atoms with Crippen molar-refractivity contribution in [3.8, 4) is 69.0 Å². The summed E-state index contributed by atoms with van der Waals surface area (Å²) in [4.78, 5) is 104. The van der Waals surface area contributed by atoms with Gasteiger partial charge >= 0.3 is 11.9 Å². The van der Waals surface area contributed by atoms with Crippen molar-refractivity contribution in [2.24, 2.45) is 0 Å². The van der Waals surface area contributed by atoms with Crippen LogP contribution in [0.2, 0.25) is 0 Å². The number of thiophene rings is 4. The van der Waals surface area contributed by atoms with Gasteiger partial charge in [-0.1, -0.05) is 139 Å². The zero-order valence-electron chi connectivity index (χ0n) is 73.8. The Labute approximate surface area is 785 Å². The molecule has 0 aliphatic heterocycles. The first-order valence-corrected chi connectivity index (χ1v) is 44.9. The van der Waals surface area contributed by atoms with Gasteiger partial charge in [0.15, 0.2) is 28.7 Å². The minimum Gasteiger partial charge on any atom is -0.497 e. The molecule has 668 valence electrons. The molecule has 0 bridgehead atoms. The molecule has 0 spiro atoms. The molecule has 5 heterocycles. The SMILES string of the molecule is COc1ccc2c(Oc3ccc(/C=C/OC=O)cc3)c(C(=O)c3c(C)cccc3C)sc2c1.COc1ccc2c(Oc3ccc(/C=C/OC=O)cc3)c(C(=O)c3ccc(C)cc3C)sc2c1.COc1ccc2c(Oc3cccc4cc(C(=O)O)ccc34)c(C(=O)c3ccccc3C)sc2c1.COc1ccc2c(Oc3cccc4cc(C(=O)O)cnc34)c(C(=O)c3ccccc3C)sc2c1.